The van der Waals surface area contributed by atoms with Crippen LogP contribution in [0.5, 0.6) is 0 Å². The van der Waals surface area contributed by atoms with Crippen molar-refractivity contribution in [1.82, 2.24) is 10.6 Å². The Balaban J connectivity index is 3.64. The van der Waals surface area contributed by atoms with Crippen LogP contribution in [-0.4, -0.2) is 35.5 Å². The summed E-state index contributed by atoms with van der Waals surface area (Å²) in [6.07, 6.45) is 1.83. The first-order chi connectivity index (χ1) is 8.45. The highest BCUT2D eigenvalue weighted by Crippen LogP contribution is 1.98. The van der Waals surface area contributed by atoms with Crippen LogP contribution in [0.25, 0.3) is 0 Å². The van der Waals surface area contributed by atoms with Crippen molar-refractivity contribution < 1.29 is 19.5 Å². The second-order valence-corrected chi connectivity index (χ2v) is 4.27. The van der Waals surface area contributed by atoms with Crippen LogP contribution in [0.4, 0.5) is 0 Å². The van der Waals surface area contributed by atoms with E-state index in [1.807, 2.05) is 6.92 Å². The van der Waals surface area contributed by atoms with Crippen LogP contribution in [0.15, 0.2) is 0 Å². The summed E-state index contributed by atoms with van der Waals surface area (Å²) in [7, 11) is 0. The van der Waals surface area contributed by atoms with Gasteiger partial charge >= 0.3 is 5.97 Å². The molecule has 0 rings (SSSR count). The summed E-state index contributed by atoms with van der Waals surface area (Å²) in [5.41, 5.74) is 0. The zero-order valence-electron chi connectivity index (χ0n) is 11.0. The normalized spacial score (nSPS) is 11.7. The average Bonchev–Trinajstić information content (AvgIpc) is 2.24. The summed E-state index contributed by atoms with van der Waals surface area (Å²) in [4.78, 5) is 33.0. The molecule has 0 saturated heterocycles. The molecular weight excluding hydrogens is 236 g/mol. The van der Waals surface area contributed by atoms with Gasteiger partial charge in [0.15, 0.2) is 0 Å². The predicted octanol–water partition coefficient (Wildman–Crippen LogP) is 0.662. The van der Waals surface area contributed by atoms with E-state index in [1.54, 1.807) is 6.92 Å². The molecule has 0 aliphatic carbocycles. The summed E-state index contributed by atoms with van der Waals surface area (Å²) in [5, 5.41) is 13.8. The van der Waals surface area contributed by atoms with E-state index in [1.165, 1.54) is 0 Å². The average molecular weight is 258 g/mol. The van der Waals surface area contributed by atoms with E-state index in [4.69, 9.17) is 5.11 Å². The van der Waals surface area contributed by atoms with Crippen molar-refractivity contribution >= 4 is 17.8 Å². The molecule has 104 valence electrons. The fourth-order valence-corrected chi connectivity index (χ4v) is 1.42. The Kier molecular flexibility index (Phi) is 8.61. The third-order valence-electron chi connectivity index (χ3n) is 2.27. The van der Waals surface area contributed by atoms with E-state index in [9.17, 15) is 14.4 Å². The number of rotatable bonds is 9. The minimum Gasteiger partial charge on any atom is -0.481 e. The highest BCUT2D eigenvalue weighted by atomic mass is 16.4. The molecule has 0 spiro atoms. The molecule has 1 atom stereocenters. The molecule has 6 nitrogen and oxygen atoms in total. The number of carbonyl (C=O) groups is 3. The molecule has 0 aromatic carbocycles. The second kappa shape index (κ2) is 9.44. The molecule has 0 aliphatic heterocycles. The van der Waals surface area contributed by atoms with Crippen molar-refractivity contribution in [1.29, 1.82) is 0 Å². The fourth-order valence-electron chi connectivity index (χ4n) is 1.42. The molecule has 0 fully saturated rings. The molecule has 0 radical (unpaired) electrons. The van der Waals surface area contributed by atoms with Gasteiger partial charge in [0.25, 0.3) is 0 Å². The van der Waals surface area contributed by atoms with Crippen molar-refractivity contribution in [3.05, 3.63) is 0 Å². The first-order valence-corrected chi connectivity index (χ1v) is 6.23. The summed E-state index contributed by atoms with van der Waals surface area (Å²) >= 11 is 0. The standard InChI is InChI=1S/C12H22N2O4/c1-3-7-13-10(15)5-4-6-11(16)14-9(2)8-12(17)18/h9H,3-8H2,1-2H3,(H,13,15)(H,14,16)(H,17,18). The molecule has 0 aliphatic rings. The van der Waals surface area contributed by atoms with Gasteiger partial charge in [-0.2, -0.15) is 0 Å². The van der Waals surface area contributed by atoms with E-state index >= 15 is 0 Å². The van der Waals surface area contributed by atoms with E-state index < -0.39 is 5.97 Å². The Labute approximate surface area is 107 Å². The molecule has 2 amide bonds. The summed E-state index contributed by atoms with van der Waals surface area (Å²) in [6, 6.07) is -0.385. The van der Waals surface area contributed by atoms with Crippen molar-refractivity contribution in [2.75, 3.05) is 6.54 Å². The van der Waals surface area contributed by atoms with Gasteiger partial charge in [-0.15, -0.1) is 0 Å². The number of carbonyl (C=O) groups excluding carboxylic acids is 2. The third kappa shape index (κ3) is 9.62. The van der Waals surface area contributed by atoms with Crippen molar-refractivity contribution in [3.8, 4) is 0 Å². The lowest BCUT2D eigenvalue weighted by molar-refractivity contribution is -0.137. The minimum absolute atomic E-state index is 0.0526. The highest BCUT2D eigenvalue weighted by Gasteiger charge is 2.11. The Morgan fingerprint density at radius 3 is 2.33 bits per heavy atom. The van der Waals surface area contributed by atoms with Gasteiger partial charge < -0.3 is 15.7 Å². The molecule has 0 aromatic heterocycles. The van der Waals surface area contributed by atoms with Gasteiger partial charge in [0.2, 0.25) is 11.8 Å². The molecule has 1 unspecified atom stereocenters. The van der Waals surface area contributed by atoms with Crippen LogP contribution < -0.4 is 10.6 Å². The van der Waals surface area contributed by atoms with E-state index in [0.717, 1.165) is 6.42 Å². The van der Waals surface area contributed by atoms with Crippen molar-refractivity contribution in [2.24, 2.45) is 0 Å². The monoisotopic (exact) mass is 258 g/mol. The number of hydrogen-bond donors (Lipinski definition) is 3. The second-order valence-electron chi connectivity index (χ2n) is 4.27. The number of amides is 2. The SMILES string of the molecule is CCCNC(=O)CCCC(=O)NC(C)CC(=O)O. The Hall–Kier alpha value is -1.59. The Morgan fingerprint density at radius 2 is 1.78 bits per heavy atom. The van der Waals surface area contributed by atoms with Gasteiger partial charge in [0.05, 0.1) is 6.42 Å². The third-order valence-corrected chi connectivity index (χ3v) is 2.27. The molecular formula is C12H22N2O4. The van der Waals surface area contributed by atoms with Crippen LogP contribution in [0.3, 0.4) is 0 Å². The smallest absolute Gasteiger partial charge is 0.305 e. The molecule has 0 aromatic rings. The number of nitrogens with one attached hydrogen (secondary N) is 2. The lowest BCUT2D eigenvalue weighted by Gasteiger charge is -2.11. The van der Waals surface area contributed by atoms with Crippen LogP contribution in [0.2, 0.25) is 0 Å². The number of carboxylic acids is 1. The molecule has 0 heterocycles. The van der Waals surface area contributed by atoms with Gasteiger partial charge in [-0.3, -0.25) is 14.4 Å². The van der Waals surface area contributed by atoms with Crippen molar-refractivity contribution in [3.63, 3.8) is 0 Å². The topological polar surface area (TPSA) is 95.5 Å². The maximum Gasteiger partial charge on any atom is 0.305 e. The summed E-state index contributed by atoms with van der Waals surface area (Å²) in [5.74, 6) is -1.21. The Bertz CT molecular complexity index is 292. The summed E-state index contributed by atoms with van der Waals surface area (Å²) in [6.45, 7) is 4.26. The molecule has 6 heteroatoms. The first-order valence-electron chi connectivity index (χ1n) is 6.23. The van der Waals surface area contributed by atoms with Gasteiger partial charge in [-0.05, 0) is 19.8 Å². The molecule has 18 heavy (non-hydrogen) atoms. The number of hydrogen-bond acceptors (Lipinski definition) is 3. The van der Waals surface area contributed by atoms with Gasteiger partial charge in [-0.25, -0.2) is 0 Å². The largest absolute Gasteiger partial charge is 0.481 e. The first kappa shape index (κ1) is 16.4. The van der Waals surface area contributed by atoms with Gasteiger partial charge in [-0.1, -0.05) is 6.92 Å². The lowest BCUT2D eigenvalue weighted by atomic mass is 10.2. The van der Waals surface area contributed by atoms with Crippen LogP contribution >= 0.6 is 0 Å². The predicted molar refractivity (Wildman–Crippen MR) is 67.0 cm³/mol. The van der Waals surface area contributed by atoms with E-state index in [-0.39, 0.29) is 30.7 Å². The van der Waals surface area contributed by atoms with Gasteiger partial charge in [0, 0.05) is 25.4 Å². The van der Waals surface area contributed by atoms with E-state index in [0.29, 0.717) is 19.4 Å². The zero-order valence-corrected chi connectivity index (χ0v) is 11.0. The Morgan fingerprint density at radius 1 is 1.17 bits per heavy atom. The minimum atomic E-state index is -0.943. The molecule has 0 saturated carbocycles. The fraction of sp³-hybridized carbons (Fsp3) is 0.750. The van der Waals surface area contributed by atoms with Crippen LogP contribution in [-0.2, 0) is 14.4 Å². The van der Waals surface area contributed by atoms with Crippen LogP contribution in [0, 0.1) is 0 Å². The lowest BCUT2D eigenvalue weighted by Crippen LogP contribution is -2.34. The maximum absolute atomic E-state index is 11.4. The molecule has 0 bridgehead atoms. The number of carboxylic acid groups (broad SMARTS) is 1. The van der Waals surface area contributed by atoms with Crippen molar-refractivity contribution in [2.45, 2.75) is 52.0 Å². The van der Waals surface area contributed by atoms with Crippen LogP contribution in [0.1, 0.15) is 46.0 Å². The molecule has 3 N–H and O–H groups in total. The highest BCUT2D eigenvalue weighted by molar-refractivity contribution is 5.79. The quantitative estimate of drug-likeness (QED) is 0.566. The number of aliphatic carboxylic acids is 1. The van der Waals surface area contributed by atoms with Gasteiger partial charge in [0.1, 0.15) is 0 Å². The van der Waals surface area contributed by atoms with E-state index in [2.05, 4.69) is 10.6 Å². The summed E-state index contributed by atoms with van der Waals surface area (Å²) < 4.78 is 0. The maximum atomic E-state index is 11.4. The zero-order chi connectivity index (χ0) is 14.0.